The molecule has 3 heterocycles. The van der Waals surface area contributed by atoms with E-state index in [-0.39, 0.29) is 0 Å². The fraction of sp³-hybridized carbons (Fsp3) is 0.500. The minimum Gasteiger partial charge on any atom is -0.307 e. The van der Waals surface area contributed by atoms with Crippen LogP contribution in [0.2, 0.25) is 0 Å². The molecule has 1 fully saturated rings. The standard InChI is InChI=1S/C14H18N2S/c1-11-5-6-16-10-12(15-14(16)8-11)9-13-4-2-3-7-17-13/h5-6,8,10,13H,2-4,7,9H2,1H3. The van der Waals surface area contributed by atoms with E-state index in [0.29, 0.717) is 0 Å². The molecule has 0 N–H and O–H groups in total. The van der Waals surface area contributed by atoms with Crippen molar-refractivity contribution < 1.29 is 0 Å². The van der Waals surface area contributed by atoms with E-state index >= 15 is 0 Å². The quantitative estimate of drug-likeness (QED) is 0.807. The smallest absolute Gasteiger partial charge is 0.137 e. The molecule has 90 valence electrons. The predicted molar refractivity (Wildman–Crippen MR) is 73.7 cm³/mol. The van der Waals surface area contributed by atoms with Crippen molar-refractivity contribution in [3.05, 3.63) is 35.8 Å². The number of pyridine rings is 1. The number of hydrogen-bond acceptors (Lipinski definition) is 2. The van der Waals surface area contributed by atoms with Gasteiger partial charge in [0.25, 0.3) is 0 Å². The molecule has 0 spiro atoms. The molecule has 1 aliphatic heterocycles. The lowest BCUT2D eigenvalue weighted by Crippen LogP contribution is -2.12. The van der Waals surface area contributed by atoms with Crippen molar-refractivity contribution in [2.45, 2.75) is 37.9 Å². The lowest BCUT2D eigenvalue weighted by Gasteiger charge is -2.19. The number of thioether (sulfide) groups is 1. The SMILES string of the molecule is Cc1ccn2cc(CC3CCCCS3)nc2c1. The van der Waals surface area contributed by atoms with Crippen LogP contribution in [0.15, 0.2) is 24.5 Å². The molecule has 0 bridgehead atoms. The van der Waals surface area contributed by atoms with Crippen LogP contribution >= 0.6 is 11.8 Å². The Balaban J connectivity index is 1.80. The third-order valence-corrected chi connectivity index (χ3v) is 4.77. The van der Waals surface area contributed by atoms with E-state index in [1.807, 2.05) is 0 Å². The Hall–Kier alpha value is -0.960. The van der Waals surface area contributed by atoms with E-state index in [1.165, 1.54) is 36.3 Å². The fourth-order valence-corrected chi connectivity index (χ4v) is 3.76. The molecule has 0 saturated carbocycles. The van der Waals surface area contributed by atoms with Gasteiger partial charge in [0.05, 0.1) is 5.69 Å². The second kappa shape index (κ2) is 4.73. The highest BCUT2D eigenvalue weighted by molar-refractivity contribution is 7.99. The molecule has 0 radical (unpaired) electrons. The average Bonchev–Trinajstić information content (AvgIpc) is 2.71. The van der Waals surface area contributed by atoms with Gasteiger partial charge in [0.1, 0.15) is 5.65 Å². The molecule has 2 aromatic rings. The van der Waals surface area contributed by atoms with Gasteiger partial charge in [0.15, 0.2) is 0 Å². The highest BCUT2D eigenvalue weighted by Gasteiger charge is 2.15. The zero-order valence-electron chi connectivity index (χ0n) is 10.2. The van der Waals surface area contributed by atoms with Crippen LogP contribution in [0.3, 0.4) is 0 Å². The largest absolute Gasteiger partial charge is 0.307 e. The number of hydrogen-bond donors (Lipinski definition) is 0. The maximum Gasteiger partial charge on any atom is 0.137 e. The topological polar surface area (TPSA) is 17.3 Å². The Bertz CT molecular complexity index is 512. The summed E-state index contributed by atoms with van der Waals surface area (Å²) in [5, 5.41) is 0.787. The first kappa shape index (κ1) is 11.1. The molecule has 17 heavy (non-hydrogen) atoms. The van der Waals surface area contributed by atoms with Gasteiger partial charge in [0, 0.05) is 24.1 Å². The number of imidazole rings is 1. The lowest BCUT2D eigenvalue weighted by molar-refractivity contribution is 0.656. The normalized spacial score (nSPS) is 20.9. The van der Waals surface area contributed by atoms with Crippen LogP contribution in [0.25, 0.3) is 5.65 Å². The molecule has 0 amide bonds. The summed E-state index contributed by atoms with van der Waals surface area (Å²) >= 11 is 2.12. The van der Waals surface area contributed by atoms with Crippen molar-refractivity contribution in [1.82, 2.24) is 9.38 Å². The van der Waals surface area contributed by atoms with E-state index < -0.39 is 0 Å². The van der Waals surface area contributed by atoms with Gasteiger partial charge in [-0.15, -0.1) is 0 Å². The molecule has 0 aromatic carbocycles. The molecule has 2 aromatic heterocycles. The minimum atomic E-state index is 0.787. The monoisotopic (exact) mass is 246 g/mol. The average molecular weight is 246 g/mol. The maximum absolute atomic E-state index is 4.72. The van der Waals surface area contributed by atoms with Crippen LogP contribution in [0, 0.1) is 6.92 Å². The Morgan fingerprint density at radius 1 is 1.47 bits per heavy atom. The first-order valence-corrected chi connectivity index (χ1v) is 7.42. The molecule has 1 aliphatic rings. The zero-order valence-corrected chi connectivity index (χ0v) is 11.0. The van der Waals surface area contributed by atoms with Gasteiger partial charge in [-0.25, -0.2) is 4.98 Å². The first-order valence-electron chi connectivity index (χ1n) is 6.37. The van der Waals surface area contributed by atoms with Crippen LogP contribution in [0.1, 0.15) is 30.5 Å². The van der Waals surface area contributed by atoms with E-state index in [4.69, 9.17) is 4.98 Å². The summed E-state index contributed by atoms with van der Waals surface area (Å²) in [4.78, 5) is 4.72. The molecule has 1 unspecified atom stereocenters. The van der Waals surface area contributed by atoms with Crippen molar-refractivity contribution in [3.8, 4) is 0 Å². The Labute approximate surface area is 106 Å². The fourth-order valence-electron chi connectivity index (χ4n) is 2.44. The Morgan fingerprint density at radius 2 is 2.41 bits per heavy atom. The second-order valence-corrected chi connectivity index (χ2v) is 6.30. The molecule has 1 saturated heterocycles. The molecule has 0 aliphatic carbocycles. The van der Waals surface area contributed by atoms with Crippen LogP contribution in [-0.4, -0.2) is 20.4 Å². The highest BCUT2D eigenvalue weighted by atomic mass is 32.2. The van der Waals surface area contributed by atoms with Crippen molar-refractivity contribution in [3.63, 3.8) is 0 Å². The molecule has 2 nitrogen and oxygen atoms in total. The van der Waals surface area contributed by atoms with Crippen LogP contribution in [-0.2, 0) is 6.42 Å². The number of nitrogens with zero attached hydrogens (tertiary/aromatic N) is 2. The molecular formula is C14H18N2S. The Morgan fingerprint density at radius 3 is 3.24 bits per heavy atom. The number of fused-ring (bicyclic) bond motifs is 1. The molecular weight excluding hydrogens is 228 g/mol. The van der Waals surface area contributed by atoms with E-state index in [0.717, 1.165) is 17.3 Å². The molecule has 1 atom stereocenters. The van der Waals surface area contributed by atoms with Crippen molar-refractivity contribution in [2.24, 2.45) is 0 Å². The van der Waals surface area contributed by atoms with Crippen LogP contribution in [0.5, 0.6) is 0 Å². The summed E-state index contributed by atoms with van der Waals surface area (Å²) in [6.45, 7) is 2.12. The summed E-state index contributed by atoms with van der Waals surface area (Å²) in [5.74, 6) is 1.33. The highest BCUT2D eigenvalue weighted by Crippen LogP contribution is 2.27. The number of aryl methyl sites for hydroxylation is 1. The van der Waals surface area contributed by atoms with E-state index in [1.54, 1.807) is 0 Å². The first-order chi connectivity index (χ1) is 8.31. The molecule has 3 rings (SSSR count). The summed E-state index contributed by atoms with van der Waals surface area (Å²) in [6, 6.07) is 4.28. The summed E-state index contributed by atoms with van der Waals surface area (Å²) < 4.78 is 2.13. The van der Waals surface area contributed by atoms with Gasteiger partial charge in [-0.1, -0.05) is 6.42 Å². The van der Waals surface area contributed by atoms with Gasteiger partial charge >= 0.3 is 0 Å². The van der Waals surface area contributed by atoms with Gasteiger partial charge in [-0.05, 0) is 43.2 Å². The zero-order chi connectivity index (χ0) is 11.7. The van der Waals surface area contributed by atoms with Gasteiger partial charge < -0.3 is 4.40 Å². The summed E-state index contributed by atoms with van der Waals surface area (Å²) in [5.41, 5.74) is 3.61. The van der Waals surface area contributed by atoms with Gasteiger partial charge in [-0.2, -0.15) is 11.8 Å². The van der Waals surface area contributed by atoms with Crippen molar-refractivity contribution in [2.75, 3.05) is 5.75 Å². The molecule has 3 heteroatoms. The van der Waals surface area contributed by atoms with Crippen LogP contribution in [0.4, 0.5) is 0 Å². The summed E-state index contributed by atoms with van der Waals surface area (Å²) in [7, 11) is 0. The van der Waals surface area contributed by atoms with E-state index in [9.17, 15) is 0 Å². The third kappa shape index (κ3) is 2.49. The maximum atomic E-state index is 4.72. The van der Waals surface area contributed by atoms with E-state index in [2.05, 4.69) is 47.6 Å². The Kier molecular flexibility index (Phi) is 3.10. The number of rotatable bonds is 2. The van der Waals surface area contributed by atoms with Gasteiger partial charge in [0.2, 0.25) is 0 Å². The van der Waals surface area contributed by atoms with Crippen LogP contribution < -0.4 is 0 Å². The summed E-state index contributed by atoms with van der Waals surface area (Å²) in [6.07, 6.45) is 9.57. The van der Waals surface area contributed by atoms with Crippen molar-refractivity contribution >= 4 is 17.4 Å². The predicted octanol–water partition coefficient (Wildman–Crippen LogP) is 3.47. The van der Waals surface area contributed by atoms with Gasteiger partial charge in [-0.3, -0.25) is 0 Å². The second-order valence-electron chi connectivity index (χ2n) is 4.89. The lowest BCUT2D eigenvalue weighted by atomic mass is 10.1. The third-order valence-electron chi connectivity index (χ3n) is 3.38. The minimum absolute atomic E-state index is 0.787. The number of aromatic nitrogens is 2. The van der Waals surface area contributed by atoms with Crippen molar-refractivity contribution in [1.29, 1.82) is 0 Å².